The van der Waals surface area contributed by atoms with Crippen LogP contribution in [0.15, 0.2) is 48.5 Å². The second-order valence-corrected chi connectivity index (χ2v) is 11.4. The lowest BCUT2D eigenvalue weighted by Crippen LogP contribution is -2.46. The lowest BCUT2D eigenvalue weighted by atomic mass is 10.00. The van der Waals surface area contributed by atoms with E-state index in [-0.39, 0.29) is 44.4 Å². The van der Waals surface area contributed by atoms with Gasteiger partial charge >= 0.3 is 12.1 Å². The Balaban J connectivity index is 1.77. The molecular weight excluding hydrogens is 552 g/mol. The number of carbonyl (C=O) groups is 5. The highest BCUT2D eigenvalue weighted by molar-refractivity contribution is 6.11. The number of aryl methyl sites for hydroxylation is 1. The highest BCUT2D eigenvalue weighted by atomic mass is 16.6. The number of amides is 4. The Bertz CT molecular complexity index is 1320. The van der Waals surface area contributed by atoms with Crippen LogP contribution in [0, 0.1) is 0 Å². The number of esters is 1. The number of alkyl carbamates (subject to hydrolysis) is 1. The van der Waals surface area contributed by atoms with Crippen molar-refractivity contribution in [3.8, 4) is 0 Å². The number of anilines is 1. The molecule has 1 aliphatic rings. The highest BCUT2D eigenvalue weighted by Gasteiger charge is 2.42. The predicted molar refractivity (Wildman–Crippen MR) is 161 cm³/mol. The van der Waals surface area contributed by atoms with E-state index in [1.54, 1.807) is 84.1 Å². The van der Waals surface area contributed by atoms with Gasteiger partial charge < -0.3 is 29.9 Å². The first kappa shape index (κ1) is 33.1. The first-order chi connectivity index (χ1) is 20.3. The first-order valence-electron chi connectivity index (χ1n) is 14.5. The molecule has 2 aromatic rings. The van der Waals surface area contributed by atoms with Crippen molar-refractivity contribution in [2.75, 3.05) is 31.6 Å². The summed E-state index contributed by atoms with van der Waals surface area (Å²) in [5.41, 5.74) is 1.52. The van der Waals surface area contributed by atoms with Crippen LogP contribution >= 0.6 is 0 Å². The number of rotatable bonds is 11. The zero-order chi connectivity index (χ0) is 31.7. The quantitative estimate of drug-likeness (QED) is 0.299. The van der Waals surface area contributed by atoms with Crippen LogP contribution in [0.5, 0.6) is 0 Å². The van der Waals surface area contributed by atoms with Crippen molar-refractivity contribution < 1.29 is 33.4 Å². The molecule has 0 saturated carbocycles. The molecule has 43 heavy (non-hydrogen) atoms. The number of hydrogen-bond acceptors (Lipinski definition) is 7. The van der Waals surface area contributed by atoms with Crippen LogP contribution in [0.25, 0.3) is 0 Å². The zero-order valence-electron chi connectivity index (χ0n) is 25.8. The first-order valence-corrected chi connectivity index (χ1v) is 14.5. The van der Waals surface area contributed by atoms with Crippen LogP contribution in [-0.4, -0.2) is 73.1 Å². The lowest BCUT2D eigenvalue weighted by molar-refractivity contribution is -0.144. The Morgan fingerprint density at radius 2 is 1.67 bits per heavy atom. The highest BCUT2D eigenvalue weighted by Crippen LogP contribution is 2.36. The number of fused-ring (bicyclic) bond motifs is 1. The van der Waals surface area contributed by atoms with Crippen molar-refractivity contribution in [2.24, 2.45) is 0 Å². The smallest absolute Gasteiger partial charge is 0.407 e. The van der Waals surface area contributed by atoms with E-state index in [9.17, 15) is 24.0 Å². The van der Waals surface area contributed by atoms with Gasteiger partial charge in [0.25, 0.3) is 11.8 Å². The molecule has 0 saturated heterocycles. The van der Waals surface area contributed by atoms with Crippen molar-refractivity contribution in [3.63, 3.8) is 0 Å². The molecule has 2 aromatic carbocycles. The largest absolute Gasteiger partial charge is 0.466 e. The van der Waals surface area contributed by atoms with Gasteiger partial charge in [-0.2, -0.15) is 0 Å². The molecule has 2 unspecified atom stereocenters. The summed E-state index contributed by atoms with van der Waals surface area (Å²) in [5, 5.41) is 5.35. The average molecular weight is 595 g/mol. The third-order valence-corrected chi connectivity index (χ3v) is 6.84. The third-order valence-electron chi connectivity index (χ3n) is 6.84. The molecule has 1 heterocycles. The lowest BCUT2D eigenvalue weighted by Gasteiger charge is -2.34. The molecule has 0 aromatic heterocycles. The van der Waals surface area contributed by atoms with E-state index in [1.807, 2.05) is 6.07 Å². The van der Waals surface area contributed by atoms with E-state index in [0.29, 0.717) is 23.2 Å². The number of benzene rings is 2. The minimum Gasteiger partial charge on any atom is -0.466 e. The summed E-state index contributed by atoms with van der Waals surface area (Å²) in [6, 6.07) is 12.6. The summed E-state index contributed by atoms with van der Waals surface area (Å²) >= 11 is 0. The molecule has 0 radical (unpaired) electrons. The number of nitrogens with zero attached hydrogens (tertiary/aromatic N) is 2. The van der Waals surface area contributed by atoms with Crippen molar-refractivity contribution in [1.82, 2.24) is 15.5 Å². The topological polar surface area (TPSA) is 134 Å². The Hall–Kier alpha value is -4.41. The standard InChI is InChI=1S/C32H42N4O7/c1-7-42-27(38)19-21(2)36-28(23-11-9-8-10-12-23)30(40)35(6)25-15-13-22(20-24(25)29(36)39)14-16-26(37)33-17-18-34-31(41)43-32(3,4)5/h8-13,15,20-21,28H,7,14,16-19H2,1-6H3,(H,33,37)(H,34,41). The summed E-state index contributed by atoms with van der Waals surface area (Å²) in [4.78, 5) is 67.5. The fourth-order valence-electron chi connectivity index (χ4n) is 4.86. The molecule has 0 spiro atoms. The van der Waals surface area contributed by atoms with Crippen molar-refractivity contribution in [3.05, 3.63) is 65.2 Å². The fourth-order valence-corrected chi connectivity index (χ4v) is 4.86. The number of ether oxygens (including phenoxy) is 2. The van der Waals surface area contributed by atoms with E-state index in [2.05, 4.69) is 10.6 Å². The van der Waals surface area contributed by atoms with Gasteiger partial charge in [-0.15, -0.1) is 0 Å². The normalized spacial score (nSPS) is 15.7. The maximum Gasteiger partial charge on any atom is 0.407 e. The van der Waals surface area contributed by atoms with Crippen LogP contribution in [0.3, 0.4) is 0 Å². The molecular formula is C32H42N4O7. The average Bonchev–Trinajstić information content (AvgIpc) is 3.02. The maximum absolute atomic E-state index is 14.2. The van der Waals surface area contributed by atoms with E-state index in [1.165, 1.54) is 9.80 Å². The van der Waals surface area contributed by atoms with Crippen LogP contribution in [0.4, 0.5) is 10.5 Å². The second kappa shape index (κ2) is 14.7. The minimum atomic E-state index is -0.945. The van der Waals surface area contributed by atoms with Gasteiger partial charge in [0.1, 0.15) is 11.6 Å². The van der Waals surface area contributed by atoms with Gasteiger partial charge in [-0.05, 0) is 64.3 Å². The van der Waals surface area contributed by atoms with Gasteiger partial charge in [-0.1, -0.05) is 36.4 Å². The number of hydrogen-bond donors (Lipinski definition) is 2. The van der Waals surface area contributed by atoms with Crippen LogP contribution in [0.1, 0.15) is 75.0 Å². The van der Waals surface area contributed by atoms with Gasteiger partial charge in [0, 0.05) is 32.6 Å². The maximum atomic E-state index is 14.2. The second-order valence-electron chi connectivity index (χ2n) is 11.4. The Morgan fingerprint density at radius 1 is 1.00 bits per heavy atom. The van der Waals surface area contributed by atoms with Gasteiger partial charge in [0.15, 0.2) is 0 Å². The van der Waals surface area contributed by atoms with E-state index < -0.39 is 35.7 Å². The predicted octanol–water partition coefficient (Wildman–Crippen LogP) is 3.76. The summed E-state index contributed by atoms with van der Waals surface area (Å²) in [5.74, 6) is -1.37. The van der Waals surface area contributed by atoms with Gasteiger partial charge in [-0.3, -0.25) is 19.2 Å². The molecule has 0 fully saturated rings. The molecule has 4 amide bonds. The molecule has 0 aliphatic carbocycles. The summed E-state index contributed by atoms with van der Waals surface area (Å²) in [7, 11) is 1.63. The molecule has 0 bridgehead atoms. The van der Waals surface area contributed by atoms with E-state index in [4.69, 9.17) is 9.47 Å². The van der Waals surface area contributed by atoms with E-state index in [0.717, 1.165) is 5.56 Å². The van der Waals surface area contributed by atoms with Crippen LogP contribution in [0.2, 0.25) is 0 Å². The van der Waals surface area contributed by atoms with Crippen molar-refractivity contribution in [1.29, 1.82) is 0 Å². The fraction of sp³-hybridized carbons (Fsp3) is 0.469. The molecule has 3 rings (SSSR count). The van der Waals surface area contributed by atoms with E-state index >= 15 is 0 Å². The molecule has 11 heteroatoms. The van der Waals surface area contributed by atoms with Gasteiger partial charge in [-0.25, -0.2) is 4.79 Å². The third kappa shape index (κ3) is 9.04. The Labute approximate surface area is 252 Å². The van der Waals surface area contributed by atoms with Crippen LogP contribution < -0.4 is 15.5 Å². The molecule has 1 aliphatic heterocycles. The summed E-state index contributed by atoms with van der Waals surface area (Å²) in [6.45, 7) is 9.41. The minimum absolute atomic E-state index is 0.0715. The van der Waals surface area contributed by atoms with Crippen molar-refractivity contribution in [2.45, 2.75) is 71.6 Å². The SMILES string of the molecule is CCOC(=O)CC(C)N1C(=O)c2cc(CCC(=O)NCCNC(=O)OC(C)(C)C)ccc2N(C)C(=O)C1c1ccccc1. The Kier molecular flexibility index (Phi) is 11.3. The summed E-state index contributed by atoms with van der Waals surface area (Å²) in [6.07, 6.45) is -0.119. The van der Waals surface area contributed by atoms with Crippen molar-refractivity contribution >= 4 is 35.5 Å². The van der Waals surface area contributed by atoms with Gasteiger partial charge in [0.05, 0.1) is 24.3 Å². The molecule has 2 atom stereocenters. The summed E-state index contributed by atoms with van der Waals surface area (Å²) < 4.78 is 10.3. The molecule has 11 nitrogen and oxygen atoms in total. The van der Waals surface area contributed by atoms with Gasteiger partial charge in [0.2, 0.25) is 5.91 Å². The molecule has 232 valence electrons. The number of nitrogens with one attached hydrogen (secondary N) is 2. The van der Waals surface area contributed by atoms with Crippen LogP contribution in [-0.2, 0) is 30.3 Å². The Morgan fingerprint density at radius 3 is 2.33 bits per heavy atom. The number of carbonyl (C=O) groups excluding carboxylic acids is 5. The zero-order valence-corrected chi connectivity index (χ0v) is 25.8. The monoisotopic (exact) mass is 594 g/mol. The molecule has 2 N–H and O–H groups in total. The number of likely N-dealkylation sites (N-methyl/N-ethyl adjacent to an activating group) is 1.